The van der Waals surface area contributed by atoms with E-state index in [2.05, 4.69) is 10.6 Å². The van der Waals surface area contributed by atoms with Gasteiger partial charge in [0.15, 0.2) is 0 Å². The Morgan fingerprint density at radius 1 is 1.11 bits per heavy atom. The number of amides is 1. The largest absolute Gasteiger partial charge is 0.352 e. The molecule has 3 fully saturated rings. The van der Waals surface area contributed by atoms with E-state index in [4.69, 9.17) is 0 Å². The van der Waals surface area contributed by atoms with Gasteiger partial charge in [-0.3, -0.25) is 4.79 Å². The van der Waals surface area contributed by atoms with Crippen LogP contribution in [0.5, 0.6) is 0 Å². The zero-order valence-electron chi connectivity index (χ0n) is 11.0. The Hall–Kier alpha value is -0.220. The lowest BCUT2D eigenvalue weighted by Gasteiger charge is -2.23. The van der Waals surface area contributed by atoms with E-state index in [1.807, 2.05) is 11.8 Å². The van der Waals surface area contributed by atoms with Crippen LogP contribution >= 0.6 is 11.8 Å². The van der Waals surface area contributed by atoms with E-state index < -0.39 is 0 Å². The van der Waals surface area contributed by atoms with Crippen LogP contribution in [0, 0.1) is 11.8 Å². The summed E-state index contributed by atoms with van der Waals surface area (Å²) in [5, 5.41) is 7.36. The Kier molecular flexibility index (Phi) is 4.14. The molecule has 0 aromatic carbocycles. The summed E-state index contributed by atoms with van der Waals surface area (Å²) in [5.74, 6) is 2.57. The van der Waals surface area contributed by atoms with E-state index in [9.17, 15) is 4.79 Å². The van der Waals surface area contributed by atoms with Crippen LogP contribution in [0.15, 0.2) is 0 Å². The first-order chi connectivity index (χ1) is 8.83. The minimum atomic E-state index is 0.280. The summed E-state index contributed by atoms with van der Waals surface area (Å²) in [7, 11) is 0. The molecule has 2 N–H and O–H groups in total. The van der Waals surface area contributed by atoms with Crippen molar-refractivity contribution < 1.29 is 4.79 Å². The van der Waals surface area contributed by atoms with Crippen molar-refractivity contribution in [2.75, 3.05) is 18.8 Å². The number of carbonyl (C=O) groups excluding carboxylic acids is 1. The van der Waals surface area contributed by atoms with Crippen LogP contribution in [-0.2, 0) is 4.79 Å². The molecular formula is C14H24N2OS. The Balaban J connectivity index is 1.37. The first-order valence-electron chi connectivity index (χ1n) is 7.44. The molecule has 1 saturated heterocycles. The van der Waals surface area contributed by atoms with E-state index in [0.717, 1.165) is 24.9 Å². The Morgan fingerprint density at radius 2 is 1.72 bits per heavy atom. The molecule has 0 bridgehead atoms. The highest BCUT2D eigenvalue weighted by Gasteiger charge is 2.42. The second-order valence-corrected chi connectivity index (χ2v) is 7.32. The molecule has 4 heteroatoms. The molecule has 3 nitrogen and oxygen atoms in total. The zero-order valence-corrected chi connectivity index (χ0v) is 11.8. The molecule has 0 radical (unpaired) electrons. The molecule has 0 unspecified atom stereocenters. The molecule has 3 rings (SSSR count). The second kappa shape index (κ2) is 5.83. The van der Waals surface area contributed by atoms with Crippen LogP contribution in [0.25, 0.3) is 0 Å². The normalized spacial score (nSPS) is 25.4. The predicted molar refractivity (Wildman–Crippen MR) is 75.7 cm³/mol. The second-order valence-electron chi connectivity index (χ2n) is 6.03. The van der Waals surface area contributed by atoms with Crippen molar-refractivity contribution in [2.24, 2.45) is 11.8 Å². The Morgan fingerprint density at radius 3 is 2.28 bits per heavy atom. The molecule has 1 heterocycles. The number of carbonyl (C=O) groups is 1. The molecular weight excluding hydrogens is 244 g/mol. The number of hydrogen-bond donors (Lipinski definition) is 2. The van der Waals surface area contributed by atoms with Gasteiger partial charge < -0.3 is 10.6 Å². The van der Waals surface area contributed by atoms with E-state index >= 15 is 0 Å². The standard InChI is InChI=1S/C14H24N2OS/c17-13(9-18-12-5-7-15-8-6-12)16-14(10-1-2-10)11-3-4-11/h10-12,14-15H,1-9H2,(H,16,17). The Labute approximate surface area is 114 Å². The van der Waals surface area contributed by atoms with E-state index in [-0.39, 0.29) is 5.91 Å². The van der Waals surface area contributed by atoms with Crippen LogP contribution in [0.3, 0.4) is 0 Å². The van der Waals surface area contributed by atoms with Crippen LogP contribution < -0.4 is 10.6 Å². The van der Waals surface area contributed by atoms with Crippen molar-refractivity contribution in [3.8, 4) is 0 Å². The van der Waals surface area contributed by atoms with Gasteiger partial charge in [-0.15, -0.1) is 11.8 Å². The summed E-state index contributed by atoms with van der Waals surface area (Å²) in [5.41, 5.74) is 0. The van der Waals surface area contributed by atoms with Crippen LogP contribution in [0.4, 0.5) is 0 Å². The van der Waals surface area contributed by atoms with Crippen LogP contribution in [-0.4, -0.2) is 36.0 Å². The molecule has 0 aromatic heterocycles. The fourth-order valence-corrected chi connectivity index (χ4v) is 3.95. The quantitative estimate of drug-likeness (QED) is 0.771. The maximum Gasteiger partial charge on any atom is 0.230 e. The van der Waals surface area contributed by atoms with Crippen LogP contribution in [0.1, 0.15) is 38.5 Å². The van der Waals surface area contributed by atoms with Crippen molar-refractivity contribution >= 4 is 17.7 Å². The third kappa shape index (κ3) is 3.64. The first kappa shape index (κ1) is 12.8. The smallest absolute Gasteiger partial charge is 0.230 e. The molecule has 2 aliphatic carbocycles. The lowest BCUT2D eigenvalue weighted by atomic mass is 10.1. The number of thioether (sulfide) groups is 1. The van der Waals surface area contributed by atoms with Gasteiger partial charge in [0.05, 0.1) is 5.75 Å². The third-order valence-electron chi connectivity index (χ3n) is 4.32. The number of hydrogen-bond acceptors (Lipinski definition) is 3. The van der Waals surface area contributed by atoms with Crippen molar-refractivity contribution in [3.05, 3.63) is 0 Å². The van der Waals surface area contributed by atoms with Gasteiger partial charge >= 0.3 is 0 Å². The molecule has 18 heavy (non-hydrogen) atoms. The minimum Gasteiger partial charge on any atom is -0.352 e. The lowest BCUT2D eigenvalue weighted by molar-refractivity contribution is -0.119. The van der Waals surface area contributed by atoms with Gasteiger partial charge in [0, 0.05) is 11.3 Å². The maximum absolute atomic E-state index is 12.0. The van der Waals surface area contributed by atoms with Gasteiger partial charge in [-0.2, -0.15) is 0 Å². The topological polar surface area (TPSA) is 41.1 Å². The van der Waals surface area contributed by atoms with Gasteiger partial charge in [-0.05, 0) is 63.5 Å². The Bertz CT molecular complexity index is 284. The fraction of sp³-hybridized carbons (Fsp3) is 0.929. The highest BCUT2D eigenvalue weighted by Crippen LogP contribution is 2.44. The summed E-state index contributed by atoms with van der Waals surface area (Å²) < 4.78 is 0. The minimum absolute atomic E-state index is 0.280. The maximum atomic E-state index is 12.0. The molecule has 0 spiro atoms. The average Bonchev–Trinajstić information content (AvgIpc) is 3.28. The molecule has 1 aliphatic heterocycles. The molecule has 102 valence electrons. The number of nitrogens with one attached hydrogen (secondary N) is 2. The average molecular weight is 268 g/mol. The van der Waals surface area contributed by atoms with Gasteiger partial charge in [-0.1, -0.05) is 0 Å². The van der Waals surface area contributed by atoms with E-state index in [1.165, 1.54) is 38.5 Å². The first-order valence-corrected chi connectivity index (χ1v) is 8.49. The van der Waals surface area contributed by atoms with E-state index in [0.29, 0.717) is 17.0 Å². The van der Waals surface area contributed by atoms with Crippen molar-refractivity contribution in [1.29, 1.82) is 0 Å². The zero-order chi connectivity index (χ0) is 12.4. The van der Waals surface area contributed by atoms with Gasteiger partial charge in [-0.25, -0.2) is 0 Å². The summed E-state index contributed by atoms with van der Waals surface area (Å²) in [4.78, 5) is 12.0. The van der Waals surface area contributed by atoms with Crippen molar-refractivity contribution in [1.82, 2.24) is 10.6 Å². The van der Waals surface area contributed by atoms with Crippen molar-refractivity contribution in [2.45, 2.75) is 49.8 Å². The molecule has 0 aromatic rings. The molecule has 1 amide bonds. The molecule has 0 atom stereocenters. The van der Waals surface area contributed by atoms with Crippen molar-refractivity contribution in [3.63, 3.8) is 0 Å². The predicted octanol–water partition coefficient (Wildman–Crippen LogP) is 1.78. The van der Waals surface area contributed by atoms with Gasteiger partial charge in [0.2, 0.25) is 5.91 Å². The lowest BCUT2D eigenvalue weighted by Crippen LogP contribution is -2.39. The fourth-order valence-electron chi connectivity index (χ4n) is 2.91. The van der Waals surface area contributed by atoms with Gasteiger partial charge in [0.25, 0.3) is 0 Å². The summed E-state index contributed by atoms with van der Waals surface area (Å²) >= 11 is 1.86. The third-order valence-corrected chi connectivity index (χ3v) is 5.70. The highest BCUT2D eigenvalue weighted by molar-refractivity contribution is 8.00. The van der Waals surface area contributed by atoms with E-state index in [1.54, 1.807) is 0 Å². The SMILES string of the molecule is O=C(CSC1CCNCC1)NC(C1CC1)C1CC1. The van der Waals surface area contributed by atoms with Gasteiger partial charge in [0.1, 0.15) is 0 Å². The molecule has 3 aliphatic rings. The monoisotopic (exact) mass is 268 g/mol. The summed E-state index contributed by atoms with van der Waals surface area (Å²) in [6, 6.07) is 0.520. The summed E-state index contributed by atoms with van der Waals surface area (Å²) in [6.45, 7) is 2.23. The number of piperidine rings is 1. The summed E-state index contributed by atoms with van der Waals surface area (Å²) in [6.07, 6.45) is 7.77. The molecule has 2 saturated carbocycles. The van der Waals surface area contributed by atoms with Crippen LogP contribution in [0.2, 0.25) is 0 Å². The highest BCUT2D eigenvalue weighted by atomic mass is 32.2. The number of rotatable bonds is 6.